The highest BCUT2D eigenvalue weighted by molar-refractivity contribution is 5.29. The molecule has 0 aromatic carbocycles. The molecule has 1 aliphatic heterocycles. The molecule has 3 rings (SSSR count). The number of aromatic nitrogens is 1. The van der Waals surface area contributed by atoms with Crippen molar-refractivity contribution in [3.8, 4) is 0 Å². The normalized spacial score (nSPS) is 23.2. The highest BCUT2D eigenvalue weighted by atomic mass is 19.4. The van der Waals surface area contributed by atoms with Gasteiger partial charge in [0.15, 0.2) is 0 Å². The predicted octanol–water partition coefficient (Wildman–Crippen LogP) is 3.51. The van der Waals surface area contributed by atoms with Gasteiger partial charge >= 0.3 is 6.18 Å². The van der Waals surface area contributed by atoms with Crippen LogP contribution in [-0.4, -0.2) is 18.1 Å². The Morgan fingerprint density at radius 2 is 2.00 bits per heavy atom. The maximum atomic E-state index is 12.7. The fourth-order valence-corrected chi connectivity index (χ4v) is 3.54. The Morgan fingerprint density at radius 3 is 2.45 bits per heavy atom. The number of halogens is 3. The second-order valence-electron chi connectivity index (χ2n) is 6.48. The zero-order valence-corrected chi connectivity index (χ0v) is 11.7. The van der Waals surface area contributed by atoms with Crippen LogP contribution in [0.4, 0.5) is 13.2 Å². The molecule has 110 valence electrons. The molecule has 2 fully saturated rings. The van der Waals surface area contributed by atoms with E-state index >= 15 is 0 Å². The van der Waals surface area contributed by atoms with Crippen molar-refractivity contribution >= 4 is 0 Å². The fraction of sp³-hybridized carbons (Fsp3) is 0.667. The summed E-state index contributed by atoms with van der Waals surface area (Å²) >= 11 is 0. The Labute approximate surface area is 116 Å². The summed E-state index contributed by atoms with van der Waals surface area (Å²) < 4.78 is 38.2. The van der Waals surface area contributed by atoms with Crippen molar-refractivity contribution in [1.82, 2.24) is 10.3 Å². The van der Waals surface area contributed by atoms with E-state index in [4.69, 9.17) is 0 Å². The smallest absolute Gasteiger partial charge is 0.316 e. The molecule has 1 aliphatic carbocycles. The Balaban J connectivity index is 1.73. The van der Waals surface area contributed by atoms with Gasteiger partial charge < -0.3 is 5.32 Å². The molecule has 1 N–H and O–H groups in total. The molecule has 0 bridgehead atoms. The van der Waals surface area contributed by atoms with Crippen molar-refractivity contribution in [2.24, 2.45) is 11.3 Å². The second-order valence-corrected chi connectivity index (χ2v) is 6.48. The third-order valence-corrected chi connectivity index (χ3v) is 5.00. The van der Waals surface area contributed by atoms with E-state index in [1.54, 1.807) is 6.07 Å². The Hall–Kier alpha value is -1.10. The zero-order chi connectivity index (χ0) is 14.5. The highest BCUT2D eigenvalue weighted by Gasteiger charge is 2.50. The van der Waals surface area contributed by atoms with Gasteiger partial charge in [-0.15, -0.1) is 0 Å². The van der Waals surface area contributed by atoms with Gasteiger partial charge in [-0.25, -0.2) is 0 Å². The minimum Gasteiger partial charge on any atom is -0.316 e. The first-order valence-corrected chi connectivity index (χ1v) is 7.05. The molecule has 0 amide bonds. The van der Waals surface area contributed by atoms with Gasteiger partial charge in [0.25, 0.3) is 0 Å². The third kappa shape index (κ3) is 2.22. The van der Waals surface area contributed by atoms with E-state index in [1.807, 2.05) is 0 Å². The number of pyridine rings is 1. The Morgan fingerprint density at radius 1 is 1.35 bits per heavy atom. The molecule has 20 heavy (non-hydrogen) atoms. The average Bonchev–Trinajstić information content (AvgIpc) is 2.22. The monoisotopic (exact) mass is 284 g/mol. The maximum Gasteiger partial charge on any atom is 0.418 e. The van der Waals surface area contributed by atoms with Crippen LogP contribution in [0.25, 0.3) is 0 Å². The number of nitrogens with one attached hydrogen (secondary N) is 1. The molecule has 1 unspecified atom stereocenters. The first kappa shape index (κ1) is 13.9. The van der Waals surface area contributed by atoms with Crippen LogP contribution in [0, 0.1) is 18.3 Å². The van der Waals surface area contributed by atoms with Crippen LogP contribution in [-0.2, 0) is 6.18 Å². The Bertz CT molecular complexity index is 512. The lowest BCUT2D eigenvalue weighted by Gasteiger charge is -2.56. The van der Waals surface area contributed by atoms with E-state index in [-0.39, 0.29) is 11.5 Å². The molecular formula is C15H19F3N2. The van der Waals surface area contributed by atoms with Gasteiger partial charge in [0.2, 0.25) is 0 Å². The summed E-state index contributed by atoms with van der Waals surface area (Å²) in [5.74, 6) is 0.794. The van der Waals surface area contributed by atoms with Crippen molar-refractivity contribution in [3.05, 3.63) is 29.1 Å². The molecule has 1 aromatic heterocycles. The SMILES string of the molecule is Cc1cc(C(C)C2CC3(CNC3)C2)ncc1C(F)(F)F. The summed E-state index contributed by atoms with van der Waals surface area (Å²) in [6.45, 7) is 5.78. The summed E-state index contributed by atoms with van der Waals surface area (Å²) in [6, 6.07) is 1.61. The fourth-order valence-electron chi connectivity index (χ4n) is 3.54. The average molecular weight is 284 g/mol. The van der Waals surface area contributed by atoms with Gasteiger partial charge in [0.1, 0.15) is 0 Å². The minimum atomic E-state index is -4.31. The van der Waals surface area contributed by atoms with Crippen LogP contribution in [0.1, 0.15) is 42.5 Å². The van der Waals surface area contributed by atoms with Crippen LogP contribution >= 0.6 is 0 Å². The summed E-state index contributed by atoms with van der Waals surface area (Å²) in [5.41, 5.74) is 0.929. The molecule has 5 heteroatoms. The van der Waals surface area contributed by atoms with Crippen molar-refractivity contribution in [1.29, 1.82) is 0 Å². The molecule has 1 saturated carbocycles. The van der Waals surface area contributed by atoms with Gasteiger partial charge in [-0.3, -0.25) is 4.98 Å². The molecule has 2 aliphatic rings. The predicted molar refractivity (Wildman–Crippen MR) is 70.4 cm³/mol. The number of alkyl halides is 3. The number of nitrogens with zero attached hydrogens (tertiary/aromatic N) is 1. The van der Waals surface area contributed by atoms with Crippen molar-refractivity contribution < 1.29 is 13.2 Å². The molecule has 1 spiro atoms. The van der Waals surface area contributed by atoms with Crippen LogP contribution in [0.5, 0.6) is 0 Å². The van der Waals surface area contributed by atoms with Crippen LogP contribution < -0.4 is 5.32 Å². The quantitative estimate of drug-likeness (QED) is 0.899. The first-order chi connectivity index (χ1) is 9.31. The van der Waals surface area contributed by atoms with E-state index < -0.39 is 11.7 Å². The summed E-state index contributed by atoms with van der Waals surface area (Å²) in [4.78, 5) is 4.06. The molecule has 2 heterocycles. The van der Waals surface area contributed by atoms with E-state index in [0.717, 1.165) is 25.0 Å². The summed E-state index contributed by atoms with van der Waals surface area (Å²) in [5, 5.41) is 3.30. The number of hydrogen-bond acceptors (Lipinski definition) is 2. The second kappa shape index (κ2) is 4.45. The van der Waals surface area contributed by atoms with E-state index in [0.29, 0.717) is 11.3 Å². The van der Waals surface area contributed by atoms with Gasteiger partial charge in [-0.2, -0.15) is 13.2 Å². The van der Waals surface area contributed by atoms with E-state index in [2.05, 4.69) is 17.2 Å². The molecule has 1 atom stereocenters. The van der Waals surface area contributed by atoms with Gasteiger partial charge in [0.05, 0.1) is 5.56 Å². The lowest BCUT2D eigenvalue weighted by atomic mass is 9.55. The molecule has 0 radical (unpaired) electrons. The lowest BCUT2D eigenvalue weighted by Crippen LogP contribution is -2.60. The first-order valence-electron chi connectivity index (χ1n) is 7.05. The zero-order valence-electron chi connectivity index (χ0n) is 11.7. The number of aryl methyl sites for hydroxylation is 1. The maximum absolute atomic E-state index is 12.7. The molecule has 2 nitrogen and oxygen atoms in total. The molecular weight excluding hydrogens is 265 g/mol. The summed E-state index contributed by atoms with van der Waals surface area (Å²) in [6.07, 6.45) is -0.983. The number of rotatable bonds is 2. The minimum absolute atomic E-state index is 0.238. The van der Waals surface area contributed by atoms with Crippen LogP contribution in [0.2, 0.25) is 0 Å². The third-order valence-electron chi connectivity index (χ3n) is 5.00. The number of hydrogen-bond donors (Lipinski definition) is 1. The largest absolute Gasteiger partial charge is 0.418 e. The van der Waals surface area contributed by atoms with Crippen LogP contribution in [0.15, 0.2) is 12.3 Å². The van der Waals surface area contributed by atoms with E-state index in [1.165, 1.54) is 19.8 Å². The molecule has 1 aromatic rings. The van der Waals surface area contributed by atoms with E-state index in [9.17, 15) is 13.2 Å². The lowest BCUT2D eigenvalue weighted by molar-refractivity contribution is -0.138. The van der Waals surface area contributed by atoms with Gasteiger partial charge in [0, 0.05) is 30.9 Å². The van der Waals surface area contributed by atoms with Gasteiger partial charge in [-0.1, -0.05) is 6.92 Å². The Kier molecular flexibility index (Phi) is 3.08. The molecule has 1 saturated heterocycles. The van der Waals surface area contributed by atoms with Gasteiger partial charge in [-0.05, 0) is 42.7 Å². The highest BCUT2D eigenvalue weighted by Crippen LogP contribution is 2.53. The standard InChI is InChI=1S/C15H19F3N2/c1-9-3-13(20-6-12(9)15(16,17)18)10(2)11-4-14(5-11)7-19-8-14/h3,6,10-11,19H,4-5,7-8H2,1-2H3. The summed E-state index contributed by atoms with van der Waals surface area (Å²) in [7, 11) is 0. The van der Waals surface area contributed by atoms with Crippen LogP contribution in [0.3, 0.4) is 0 Å². The van der Waals surface area contributed by atoms with Crippen molar-refractivity contribution in [2.75, 3.05) is 13.1 Å². The van der Waals surface area contributed by atoms with Crippen molar-refractivity contribution in [2.45, 2.75) is 38.8 Å². The topological polar surface area (TPSA) is 24.9 Å². The van der Waals surface area contributed by atoms with Crippen molar-refractivity contribution in [3.63, 3.8) is 0 Å².